The summed E-state index contributed by atoms with van der Waals surface area (Å²) >= 11 is 1.75. The summed E-state index contributed by atoms with van der Waals surface area (Å²) < 4.78 is 25.5. The molecule has 0 saturated heterocycles. The van der Waals surface area contributed by atoms with Crippen LogP contribution in [0.1, 0.15) is 131 Å². The van der Waals surface area contributed by atoms with E-state index in [0.717, 1.165) is 57.4 Å². The molecule has 0 aliphatic heterocycles. The van der Waals surface area contributed by atoms with Crippen LogP contribution in [0.2, 0.25) is 0 Å². The summed E-state index contributed by atoms with van der Waals surface area (Å²) in [6.45, 7) is 24.0. The fraction of sp³-hybridized carbons (Fsp3) is 0.619. The molecular weight excluding hydrogens is 601 g/mol. The summed E-state index contributed by atoms with van der Waals surface area (Å²) in [6.07, 6.45) is 9.48. The van der Waals surface area contributed by atoms with Crippen molar-refractivity contribution in [3.8, 4) is 44.6 Å². The SMILES string of the molecule is CCCCC(CC)COc1ccc(-c2sc(C(C)(C)C)c(OC)c2OC)cc1-c1cc(C(C)(C)C)ccc1OCC(CC)CCCC. The number of benzene rings is 2. The van der Waals surface area contributed by atoms with Gasteiger partial charge in [-0.3, -0.25) is 0 Å². The Labute approximate surface area is 291 Å². The Morgan fingerprint density at radius 1 is 0.638 bits per heavy atom. The topological polar surface area (TPSA) is 36.9 Å². The van der Waals surface area contributed by atoms with E-state index in [2.05, 4.69) is 106 Å². The number of thiophene rings is 1. The van der Waals surface area contributed by atoms with E-state index in [1.807, 2.05) is 0 Å². The van der Waals surface area contributed by atoms with E-state index in [9.17, 15) is 0 Å². The monoisotopic (exact) mass is 664 g/mol. The van der Waals surface area contributed by atoms with E-state index in [4.69, 9.17) is 18.9 Å². The van der Waals surface area contributed by atoms with Crippen molar-refractivity contribution in [2.75, 3.05) is 27.4 Å². The summed E-state index contributed by atoms with van der Waals surface area (Å²) in [5, 5.41) is 0. The van der Waals surface area contributed by atoms with Gasteiger partial charge in [-0.1, -0.05) is 114 Å². The molecule has 0 spiro atoms. The van der Waals surface area contributed by atoms with Crippen LogP contribution in [0.5, 0.6) is 23.0 Å². The number of hydrogen-bond acceptors (Lipinski definition) is 5. The van der Waals surface area contributed by atoms with Crippen molar-refractivity contribution >= 4 is 11.3 Å². The number of hydrogen-bond donors (Lipinski definition) is 0. The molecule has 2 aromatic carbocycles. The highest BCUT2D eigenvalue weighted by Gasteiger charge is 2.29. The molecule has 262 valence electrons. The van der Waals surface area contributed by atoms with Gasteiger partial charge >= 0.3 is 0 Å². The van der Waals surface area contributed by atoms with Crippen LogP contribution in [0.15, 0.2) is 36.4 Å². The second kappa shape index (κ2) is 17.7. The Bertz CT molecular complexity index is 1390. The van der Waals surface area contributed by atoms with Crippen LogP contribution in [0, 0.1) is 11.8 Å². The quantitative estimate of drug-likeness (QED) is 0.136. The molecule has 3 rings (SSSR count). The third kappa shape index (κ3) is 10.2. The zero-order chi connectivity index (χ0) is 34.8. The Hall–Kier alpha value is -2.66. The lowest BCUT2D eigenvalue weighted by molar-refractivity contribution is 0.231. The average Bonchev–Trinajstić information content (AvgIpc) is 3.44. The van der Waals surface area contributed by atoms with Gasteiger partial charge in [-0.25, -0.2) is 0 Å². The van der Waals surface area contributed by atoms with Gasteiger partial charge in [0.05, 0.1) is 37.2 Å². The first-order valence-corrected chi connectivity index (χ1v) is 18.9. The minimum atomic E-state index is -0.0866. The first-order chi connectivity index (χ1) is 22.3. The van der Waals surface area contributed by atoms with E-state index in [0.29, 0.717) is 25.0 Å². The lowest BCUT2D eigenvalue weighted by Gasteiger charge is -2.24. The van der Waals surface area contributed by atoms with Crippen LogP contribution in [-0.2, 0) is 10.8 Å². The van der Waals surface area contributed by atoms with E-state index < -0.39 is 0 Å². The molecule has 4 nitrogen and oxygen atoms in total. The van der Waals surface area contributed by atoms with Crippen LogP contribution in [0.3, 0.4) is 0 Å². The van der Waals surface area contributed by atoms with Crippen molar-refractivity contribution < 1.29 is 18.9 Å². The highest BCUT2D eigenvalue weighted by molar-refractivity contribution is 7.16. The molecule has 0 bridgehead atoms. The Morgan fingerprint density at radius 3 is 1.60 bits per heavy atom. The molecule has 0 amide bonds. The molecule has 47 heavy (non-hydrogen) atoms. The molecule has 0 aliphatic rings. The predicted octanol–water partition coefficient (Wildman–Crippen LogP) is 12.9. The molecule has 0 N–H and O–H groups in total. The Kier molecular flexibility index (Phi) is 14.6. The van der Waals surface area contributed by atoms with Gasteiger partial charge in [-0.15, -0.1) is 11.3 Å². The lowest BCUT2D eigenvalue weighted by atomic mass is 9.85. The maximum Gasteiger partial charge on any atom is 0.179 e. The van der Waals surface area contributed by atoms with Gasteiger partial charge in [0.2, 0.25) is 0 Å². The van der Waals surface area contributed by atoms with Gasteiger partial charge in [0.15, 0.2) is 11.5 Å². The van der Waals surface area contributed by atoms with Crippen LogP contribution in [-0.4, -0.2) is 27.4 Å². The van der Waals surface area contributed by atoms with Gasteiger partial charge in [0.1, 0.15) is 11.5 Å². The van der Waals surface area contributed by atoms with E-state index in [1.165, 1.54) is 49.0 Å². The van der Waals surface area contributed by atoms with Crippen molar-refractivity contribution in [3.63, 3.8) is 0 Å². The molecule has 0 saturated carbocycles. The van der Waals surface area contributed by atoms with Gasteiger partial charge in [-0.2, -0.15) is 0 Å². The maximum atomic E-state index is 6.77. The third-order valence-corrected chi connectivity index (χ3v) is 11.0. The Morgan fingerprint density at radius 2 is 1.15 bits per heavy atom. The normalized spacial score (nSPS) is 13.4. The Balaban J connectivity index is 2.25. The largest absolute Gasteiger partial charge is 0.493 e. The fourth-order valence-corrected chi connectivity index (χ4v) is 7.30. The van der Waals surface area contributed by atoms with Gasteiger partial charge in [0.25, 0.3) is 0 Å². The molecule has 0 fully saturated rings. The zero-order valence-electron chi connectivity index (χ0n) is 31.7. The van der Waals surface area contributed by atoms with Crippen LogP contribution < -0.4 is 18.9 Å². The molecule has 5 heteroatoms. The number of ether oxygens (including phenoxy) is 4. The summed E-state index contributed by atoms with van der Waals surface area (Å²) in [6, 6.07) is 13.4. The van der Waals surface area contributed by atoms with Crippen molar-refractivity contribution in [2.45, 2.75) is 131 Å². The molecule has 1 aromatic heterocycles. The summed E-state index contributed by atoms with van der Waals surface area (Å²) in [5.74, 6) is 4.48. The van der Waals surface area contributed by atoms with Gasteiger partial charge < -0.3 is 18.9 Å². The molecular formula is C42H64O4S. The number of rotatable bonds is 18. The van der Waals surface area contributed by atoms with Crippen LogP contribution in [0.4, 0.5) is 0 Å². The zero-order valence-corrected chi connectivity index (χ0v) is 32.5. The van der Waals surface area contributed by atoms with Crippen molar-refractivity contribution in [2.24, 2.45) is 11.8 Å². The van der Waals surface area contributed by atoms with Gasteiger partial charge in [0, 0.05) is 16.5 Å². The minimum absolute atomic E-state index is 0.0155. The van der Waals surface area contributed by atoms with E-state index in [-0.39, 0.29) is 10.8 Å². The van der Waals surface area contributed by atoms with Crippen molar-refractivity contribution in [1.29, 1.82) is 0 Å². The summed E-state index contributed by atoms with van der Waals surface area (Å²) in [7, 11) is 3.47. The highest BCUT2D eigenvalue weighted by Crippen LogP contribution is 2.53. The summed E-state index contributed by atoms with van der Waals surface area (Å²) in [5.41, 5.74) is 4.40. The molecule has 2 atom stereocenters. The second-order valence-corrected chi connectivity index (χ2v) is 16.2. The molecule has 3 aromatic rings. The standard InChI is InChI=1S/C42H64O4S/c1-13-17-19-29(15-3)27-45-35-23-21-31(39-37(43-11)38(44-12)40(47-39)42(8,9)10)25-33(35)34-26-32(41(5,6)7)22-24-36(34)46-28-30(16-4)20-18-14-2/h21-26,29-30H,13-20,27-28H2,1-12H3. The lowest BCUT2D eigenvalue weighted by Crippen LogP contribution is -2.14. The minimum Gasteiger partial charge on any atom is -0.493 e. The first kappa shape index (κ1) is 38.8. The van der Waals surface area contributed by atoms with Crippen molar-refractivity contribution in [1.82, 2.24) is 0 Å². The fourth-order valence-electron chi connectivity index (χ4n) is 6.01. The summed E-state index contributed by atoms with van der Waals surface area (Å²) in [4.78, 5) is 2.24. The van der Waals surface area contributed by atoms with E-state index in [1.54, 1.807) is 25.6 Å². The number of unbranched alkanes of at least 4 members (excludes halogenated alkanes) is 2. The van der Waals surface area contributed by atoms with E-state index >= 15 is 0 Å². The first-order valence-electron chi connectivity index (χ1n) is 18.1. The molecule has 0 aliphatic carbocycles. The average molecular weight is 665 g/mol. The molecule has 2 unspecified atom stereocenters. The number of methoxy groups -OCH3 is 2. The smallest absolute Gasteiger partial charge is 0.179 e. The molecule has 0 radical (unpaired) electrons. The second-order valence-electron chi connectivity index (χ2n) is 15.2. The highest BCUT2D eigenvalue weighted by atomic mass is 32.1. The third-order valence-electron chi connectivity index (χ3n) is 9.33. The molecule has 1 heterocycles. The predicted molar refractivity (Wildman–Crippen MR) is 203 cm³/mol. The van der Waals surface area contributed by atoms with Crippen molar-refractivity contribution in [3.05, 3.63) is 46.8 Å². The maximum absolute atomic E-state index is 6.77. The van der Waals surface area contributed by atoms with Crippen LogP contribution in [0.25, 0.3) is 21.6 Å². The van der Waals surface area contributed by atoms with Crippen LogP contribution >= 0.6 is 11.3 Å². The van der Waals surface area contributed by atoms with Gasteiger partial charge in [-0.05, 0) is 71.6 Å².